The minimum atomic E-state index is 0.522. The molecule has 0 amide bonds. The monoisotopic (exact) mass is 164 g/mol. The van der Waals surface area contributed by atoms with E-state index in [1.165, 1.54) is 32.1 Å². The topological polar surface area (TPSA) is 17.1 Å². The summed E-state index contributed by atoms with van der Waals surface area (Å²) in [6.45, 7) is 0. The summed E-state index contributed by atoms with van der Waals surface area (Å²) in [5.41, 5.74) is 0. The first-order valence-corrected chi connectivity index (χ1v) is 5.39. The van der Waals surface area contributed by atoms with Gasteiger partial charge >= 0.3 is 0 Å². The Morgan fingerprint density at radius 1 is 1.08 bits per heavy atom. The lowest BCUT2D eigenvalue weighted by Gasteiger charge is -2.54. The number of hydrogen-bond donors (Lipinski definition) is 0. The third-order valence-electron chi connectivity index (χ3n) is 4.43. The summed E-state index contributed by atoms with van der Waals surface area (Å²) in [4.78, 5) is 11.5. The second kappa shape index (κ2) is 2.34. The summed E-state index contributed by atoms with van der Waals surface area (Å²) >= 11 is 0. The minimum absolute atomic E-state index is 0.522. The molecule has 1 nitrogen and oxygen atoms in total. The van der Waals surface area contributed by atoms with Gasteiger partial charge in [0.2, 0.25) is 0 Å². The molecule has 3 saturated carbocycles. The van der Waals surface area contributed by atoms with Crippen LogP contribution in [0.1, 0.15) is 38.5 Å². The Kier molecular flexibility index (Phi) is 1.38. The van der Waals surface area contributed by atoms with Crippen molar-refractivity contribution in [1.82, 2.24) is 0 Å². The average Bonchev–Trinajstić information content (AvgIpc) is 2.03. The Bertz CT molecular complexity index is 221. The SMILES string of the molecule is O=C1CC[C@H]2CCC[C@@H]3C[C@H]1[C@H]23. The molecule has 0 unspecified atom stereocenters. The number of ketones is 1. The molecule has 3 aliphatic carbocycles. The molecule has 0 N–H and O–H groups in total. The van der Waals surface area contributed by atoms with Gasteiger partial charge in [-0.15, -0.1) is 0 Å². The molecule has 0 bridgehead atoms. The average molecular weight is 164 g/mol. The van der Waals surface area contributed by atoms with E-state index in [0.29, 0.717) is 11.7 Å². The van der Waals surface area contributed by atoms with E-state index >= 15 is 0 Å². The van der Waals surface area contributed by atoms with Gasteiger partial charge in [-0.05, 0) is 30.6 Å². The molecule has 0 aromatic rings. The van der Waals surface area contributed by atoms with Crippen molar-refractivity contribution in [3.63, 3.8) is 0 Å². The molecule has 0 aromatic heterocycles. The highest BCUT2D eigenvalue weighted by Crippen LogP contribution is 2.56. The van der Waals surface area contributed by atoms with Gasteiger partial charge in [-0.2, -0.15) is 0 Å². The fraction of sp³-hybridized carbons (Fsp3) is 0.909. The van der Waals surface area contributed by atoms with Gasteiger partial charge in [0.25, 0.3) is 0 Å². The van der Waals surface area contributed by atoms with Crippen molar-refractivity contribution in [3.05, 3.63) is 0 Å². The molecule has 0 radical (unpaired) electrons. The maximum absolute atomic E-state index is 11.5. The molecule has 12 heavy (non-hydrogen) atoms. The lowest BCUT2D eigenvalue weighted by molar-refractivity contribution is -0.143. The highest BCUT2D eigenvalue weighted by atomic mass is 16.1. The van der Waals surface area contributed by atoms with Crippen LogP contribution in [0.3, 0.4) is 0 Å². The molecule has 3 aliphatic rings. The summed E-state index contributed by atoms with van der Waals surface area (Å²) in [7, 11) is 0. The molecule has 0 spiro atoms. The fourth-order valence-corrected chi connectivity index (χ4v) is 3.83. The minimum Gasteiger partial charge on any atom is -0.299 e. The first-order chi connectivity index (χ1) is 5.86. The highest BCUT2D eigenvalue weighted by Gasteiger charge is 2.51. The van der Waals surface area contributed by atoms with Crippen LogP contribution >= 0.6 is 0 Å². The summed E-state index contributed by atoms with van der Waals surface area (Å²) in [6.07, 6.45) is 7.65. The molecule has 66 valence electrons. The van der Waals surface area contributed by atoms with Crippen molar-refractivity contribution in [2.24, 2.45) is 23.7 Å². The van der Waals surface area contributed by atoms with Gasteiger partial charge < -0.3 is 0 Å². The van der Waals surface area contributed by atoms with Crippen LogP contribution in [0, 0.1) is 23.7 Å². The van der Waals surface area contributed by atoms with Gasteiger partial charge in [-0.1, -0.05) is 19.3 Å². The molecule has 4 atom stereocenters. The second-order valence-corrected chi connectivity index (χ2v) is 4.88. The van der Waals surface area contributed by atoms with Crippen LogP contribution in [0.15, 0.2) is 0 Å². The zero-order valence-electron chi connectivity index (χ0n) is 7.46. The quantitative estimate of drug-likeness (QED) is 0.537. The number of carbonyl (C=O) groups is 1. The highest BCUT2D eigenvalue weighted by molar-refractivity contribution is 5.83. The zero-order chi connectivity index (χ0) is 8.13. The van der Waals surface area contributed by atoms with Gasteiger partial charge in [-0.3, -0.25) is 4.79 Å². The maximum atomic E-state index is 11.5. The van der Waals surface area contributed by atoms with Crippen molar-refractivity contribution >= 4 is 5.78 Å². The molecule has 1 heteroatoms. The third kappa shape index (κ3) is 0.773. The maximum Gasteiger partial charge on any atom is 0.136 e. The van der Waals surface area contributed by atoms with Gasteiger partial charge in [0.1, 0.15) is 5.78 Å². The Hall–Kier alpha value is -0.330. The smallest absolute Gasteiger partial charge is 0.136 e. The lowest BCUT2D eigenvalue weighted by Crippen LogP contribution is -2.50. The van der Waals surface area contributed by atoms with Crippen LogP contribution in [0.25, 0.3) is 0 Å². The Morgan fingerprint density at radius 3 is 2.83 bits per heavy atom. The summed E-state index contributed by atoms with van der Waals surface area (Å²) in [6, 6.07) is 0. The zero-order valence-corrected chi connectivity index (χ0v) is 7.46. The van der Waals surface area contributed by atoms with E-state index < -0.39 is 0 Å². The molecule has 3 fully saturated rings. The predicted octanol–water partition coefficient (Wildman–Crippen LogP) is 2.40. The van der Waals surface area contributed by atoms with Crippen LogP contribution in [-0.4, -0.2) is 5.78 Å². The van der Waals surface area contributed by atoms with Crippen molar-refractivity contribution in [3.8, 4) is 0 Å². The first kappa shape index (κ1) is 7.11. The van der Waals surface area contributed by atoms with E-state index in [9.17, 15) is 4.79 Å². The Labute approximate surface area is 73.5 Å². The number of rotatable bonds is 0. The van der Waals surface area contributed by atoms with E-state index in [2.05, 4.69) is 0 Å². The van der Waals surface area contributed by atoms with Crippen molar-refractivity contribution in [2.75, 3.05) is 0 Å². The summed E-state index contributed by atoms with van der Waals surface area (Å²) < 4.78 is 0. The fourth-order valence-electron chi connectivity index (χ4n) is 3.83. The van der Waals surface area contributed by atoms with Gasteiger partial charge in [0.05, 0.1) is 0 Å². The third-order valence-corrected chi connectivity index (χ3v) is 4.43. The van der Waals surface area contributed by atoms with Gasteiger partial charge in [0, 0.05) is 12.3 Å². The molecule has 0 aliphatic heterocycles. The van der Waals surface area contributed by atoms with Crippen molar-refractivity contribution < 1.29 is 4.79 Å². The van der Waals surface area contributed by atoms with E-state index in [1.54, 1.807) is 0 Å². The van der Waals surface area contributed by atoms with E-state index in [-0.39, 0.29) is 0 Å². The molecule has 3 rings (SSSR count). The summed E-state index contributed by atoms with van der Waals surface area (Å²) in [5.74, 6) is 3.86. The first-order valence-electron chi connectivity index (χ1n) is 5.39. The predicted molar refractivity (Wildman–Crippen MR) is 46.7 cm³/mol. The van der Waals surface area contributed by atoms with Crippen molar-refractivity contribution in [1.29, 1.82) is 0 Å². The van der Waals surface area contributed by atoms with Crippen molar-refractivity contribution in [2.45, 2.75) is 38.5 Å². The molecule has 0 aromatic carbocycles. The molecule has 0 saturated heterocycles. The van der Waals surface area contributed by atoms with E-state index in [1.807, 2.05) is 0 Å². The van der Waals surface area contributed by atoms with Gasteiger partial charge in [0.15, 0.2) is 0 Å². The Balaban J connectivity index is 1.84. The van der Waals surface area contributed by atoms with E-state index in [0.717, 1.165) is 24.2 Å². The van der Waals surface area contributed by atoms with Crippen LogP contribution < -0.4 is 0 Å². The number of Topliss-reactive ketones (excluding diaryl/α,β-unsaturated/α-hetero) is 1. The van der Waals surface area contributed by atoms with Gasteiger partial charge in [-0.25, -0.2) is 0 Å². The normalized spacial score (nSPS) is 51.2. The van der Waals surface area contributed by atoms with Crippen LogP contribution in [0.2, 0.25) is 0 Å². The second-order valence-electron chi connectivity index (χ2n) is 4.88. The molecular weight excluding hydrogens is 148 g/mol. The Morgan fingerprint density at radius 2 is 1.92 bits per heavy atom. The number of hydrogen-bond acceptors (Lipinski definition) is 1. The molecule has 0 heterocycles. The van der Waals surface area contributed by atoms with E-state index in [4.69, 9.17) is 0 Å². The lowest BCUT2D eigenvalue weighted by atomic mass is 9.50. The van der Waals surface area contributed by atoms with Crippen LogP contribution in [0.5, 0.6) is 0 Å². The van der Waals surface area contributed by atoms with Crippen LogP contribution in [-0.2, 0) is 4.79 Å². The number of carbonyl (C=O) groups excluding carboxylic acids is 1. The standard InChI is InChI=1S/C11H16O/c12-10-5-4-7-2-1-3-8-6-9(10)11(7)8/h7-9,11H,1-6H2/t7-,8-,9-,11-/m1/s1. The van der Waals surface area contributed by atoms with Crippen LogP contribution in [0.4, 0.5) is 0 Å². The largest absolute Gasteiger partial charge is 0.299 e. The summed E-state index contributed by atoms with van der Waals surface area (Å²) in [5, 5.41) is 0. The molecular formula is C11H16O.